The minimum absolute atomic E-state index is 0.178. The molecule has 0 saturated carbocycles. The first-order valence-corrected chi connectivity index (χ1v) is 7.21. The lowest BCUT2D eigenvalue weighted by molar-refractivity contribution is 0.0924. The highest BCUT2D eigenvalue weighted by molar-refractivity contribution is 9.10. The predicted octanol–water partition coefficient (Wildman–Crippen LogP) is 3.15. The van der Waals surface area contributed by atoms with Gasteiger partial charge in [0.1, 0.15) is 18.1 Å². The zero-order valence-corrected chi connectivity index (χ0v) is 13.7. The van der Waals surface area contributed by atoms with Crippen LogP contribution in [0.2, 0.25) is 0 Å². The third-order valence-corrected chi connectivity index (χ3v) is 4.43. The summed E-state index contributed by atoms with van der Waals surface area (Å²) in [7, 11) is 0. The number of benzene rings is 1. The van der Waals surface area contributed by atoms with E-state index in [2.05, 4.69) is 15.9 Å². The number of hydrazine groups is 1. The molecule has 0 aliphatic rings. The Morgan fingerprint density at radius 2 is 1.90 bits per heavy atom. The van der Waals surface area contributed by atoms with E-state index in [1.165, 1.54) is 0 Å². The molecule has 3 N–H and O–H groups in total. The molecule has 1 amide bonds. The van der Waals surface area contributed by atoms with E-state index in [-0.39, 0.29) is 5.76 Å². The summed E-state index contributed by atoms with van der Waals surface area (Å²) in [5.41, 5.74) is 5.07. The van der Waals surface area contributed by atoms with Gasteiger partial charge in [-0.25, -0.2) is 5.84 Å². The summed E-state index contributed by atoms with van der Waals surface area (Å²) in [5, 5.41) is 0. The Morgan fingerprint density at radius 1 is 1.29 bits per heavy atom. The Kier molecular flexibility index (Phi) is 4.69. The van der Waals surface area contributed by atoms with E-state index in [9.17, 15) is 4.79 Å². The van der Waals surface area contributed by atoms with E-state index in [0.717, 1.165) is 26.9 Å². The van der Waals surface area contributed by atoms with Crippen LogP contribution in [-0.4, -0.2) is 5.91 Å². The van der Waals surface area contributed by atoms with Crippen LogP contribution in [0.4, 0.5) is 0 Å². The number of nitrogen functional groups attached to an aromatic ring is 1. The highest BCUT2D eigenvalue weighted by Gasteiger charge is 2.14. The molecule has 0 fully saturated rings. The Hall–Kier alpha value is -1.79. The zero-order valence-electron chi connectivity index (χ0n) is 12.1. The van der Waals surface area contributed by atoms with E-state index in [0.29, 0.717) is 12.4 Å². The van der Waals surface area contributed by atoms with Crippen molar-refractivity contribution >= 4 is 21.8 Å². The molecule has 0 bridgehead atoms. The van der Waals surface area contributed by atoms with E-state index >= 15 is 0 Å². The molecule has 1 aromatic heterocycles. The SMILES string of the molecule is Cc1cc(OCc2cc(C(=O)NN)oc2C)cc(C)c1Br. The first kappa shape index (κ1) is 15.6. The van der Waals surface area contributed by atoms with Gasteiger partial charge in [0.25, 0.3) is 0 Å². The molecule has 0 saturated heterocycles. The number of nitrogens with two attached hydrogens (primary N) is 1. The van der Waals surface area contributed by atoms with Gasteiger partial charge in [-0.2, -0.15) is 0 Å². The molecule has 2 rings (SSSR count). The number of ether oxygens (including phenoxy) is 1. The number of carbonyl (C=O) groups excluding carboxylic acids is 1. The van der Waals surface area contributed by atoms with Crippen molar-refractivity contribution in [3.63, 3.8) is 0 Å². The maximum absolute atomic E-state index is 11.4. The second-order valence-corrected chi connectivity index (χ2v) is 5.62. The molecule has 0 spiro atoms. The Bertz CT molecular complexity index is 657. The van der Waals surface area contributed by atoms with Crippen LogP contribution in [0.3, 0.4) is 0 Å². The molecule has 1 heterocycles. The average molecular weight is 353 g/mol. The Labute approximate surface area is 131 Å². The maximum Gasteiger partial charge on any atom is 0.300 e. The molecule has 6 heteroatoms. The third-order valence-electron chi connectivity index (χ3n) is 3.18. The van der Waals surface area contributed by atoms with Gasteiger partial charge >= 0.3 is 5.91 Å². The summed E-state index contributed by atoms with van der Waals surface area (Å²) in [5.74, 6) is 6.21. The average Bonchev–Trinajstić information content (AvgIpc) is 2.82. The number of halogens is 1. The van der Waals surface area contributed by atoms with E-state index in [1.54, 1.807) is 13.0 Å². The van der Waals surface area contributed by atoms with Crippen LogP contribution in [0.25, 0.3) is 0 Å². The number of nitrogens with one attached hydrogen (secondary N) is 1. The molecular weight excluding hydrogens is 336 g/mol. The van der Waals surface area contributed by atoms with Crippen molar-refractivity contribution < 1.29 is 13.9 Å². The van der Waals surface area contributed by atoms with Crippen LogP contribution in [0, 0.1) is 20.8 Å². The van der Waals surface area contributed by atoms with Crippen LogP contribution in [0.15, 0.2) is 27.1 Å². The molecule has 112 valence electrons. The first-order chi connectivity index (χ1) is 9.92. The zero-order chi connectivity index (χ0) is 15.6. The second-order valence-electron chi connectivity index (χ2n) is 4.83. The number of furan rings is 1. The Balaban J connectivity index is 2.13. The lowest BCUT2D eigenvalue weighted by Gasteiger charge is -2.09. The number of hydrogen-bond acceptors (Lipinski definition) is 4. The fourth-order valence-corrected chi connectivity index (χ4v) is 2.23. The summed E-state index contributed by atoms with van der Waals surface area (Å²) in [6, 6.07) is 5.55. The van der Waals surface area contributed by atoms with Crippen molar-refractivity contribution in [2.45, 2.75) is 27.4 Å². The minimum atomic E-state index is -0.459. The standard InChI is InChI=1S/C15H17BrN2O3/c1-8-4-12(5-9(2)14(8)16)20-7-11-6-13(15(19)18-17)21-10(11)3/h4-6H,7,17H2,1-3H3,(H,18,19). The van der Waals surface area contributed by atoms with Crippen LogP contribution < -0.4 is 16.0 Å². The molecular formula is C15H17BrN2O3. The topological polar surface area (TPSA) is 77.5 Å². The summed E-state index contributed by atoms with van der Waals surface area (Å²) < 4.78 is 12.2. The quantitative estimate of drug-likeness (QED) is 0.503. The fraction of sp³-hybridized carbons (Fsp3) is 0.267. The van der Waals surface area contributed by atoms with E-state index in [4.69, 9.17) is 15.0 Å². The normalized spacial score (nSPS) is 10.5. The highest BCUT2D eigenvalue weighted by Crippen LogP contribution is 2.27. The molecule has 0 radical (unpaired) electrons. The molecule has 21 heavy (non-hydrogen) atoms. The van der Waals surface area contributed by atoms with Gasteiger partial charge in [0, 0.05) is 10.0 Å². The van der Waals surface area contributed by atoms with Crippen molar-refractivity contribution in [2.24, 2.45) is 5.84 Å². The molecule has 2 aromatic rings. The van der Waals surface area contributed by atoms with Crippen molar-refractivity contribution in [3.05, 3.63) is 50.9 Å². The predicted molar refractivity (Wildman–Crippen MR) is 83.0 cm³/mol. The molecule has 0 atom stereocenters. The summed E-state index contributed by atoms with van der Waals surface area (Å²) in [6.45, 7) is 6.13. The third kappa shape index (κ3) is 3.46. The molecule has 1 aromatic carbocycles. The molecule has 5 nitrogen and oxygen atoms in total. The van der Waals surface area contributed by atoms with Crippen LogP contribution in [0.1, 0.15) is 33.0 Å². The van der Waals surface area contributed by atoms with E-state index < -0.39 is 5.91 Å². The second kappa shape index (κ2) is 6.32. The number of amides is 1. The van der Waals surface area contributed by atoms with Gasteiger partial charge in [-0.3, -0.25) is 10.2 Å². The summed E-state index contributed by atoms with van der Waals surface area (Å²) >= 11 is 3.52. The van der Waals surface area contributed by atoms with Crippen molar-refractivity contribution in [3.8, 4) is 5.75 Å². The van der Waals surface area contributed by atoms with Gasteiger partial charge in [0.15, 0.2) is 5.76 Å². The van der Waals surface area contributed by atoms with Gasteiger partial charge in [-0.1, -0.05) is 15.9 Å². The van der Waals surface area contributed by atoms with Gasteiger partial charge in [-0.15, -0.1) is 0 Å². The van der Waals surface area contributed by atoms with Crippen molar-refractivity contribution in [2.75, 3.05) is 0 Å². The van der Waals surface area contributed by atoms with Gasteiger partial charge in [0.05, 0.1) is 0 Å². The summed E-state index contributed by atoms with van der Waals surface area (Å²) in [6.07, 6.45) is 0. The maximum atomic E-state index is 11.4. The van der Waals surface area contributed by atoms with E-state index in [1.807, 2.05) is 31.4 Å². The minimum Gasteiger partial charge on any atom is -0.489 e. The molecule has 0 unspecified atom stereocenters. The van der Waals surface area contributed by atoms with Crippen LogP contribution in [-0.2, 0) is 6.61 Å². The van der Waals surface area contributed by atoms with Crippen LogP contribution >= 0.6 is 15.9 Å². The number of aryl methyl sites for hydroxylation is 3. The first-order valence-electron chi connectivity index (χ1n) is 6.42. The lowest BCUT2D eigenvalue weighted by Crippen LogP contribution is -2.29. The molecule has 0 aliphatic heterocycles. The number of rotatable bonds is 4. The highest BCUT2D eigenvalue weighted by atomic mass is 79.9. The van der Waals surface area contributed by atoms with Gasteiger partial charge < -0.3 is 9.15 Å². The smallest absolute Gasteiger partial charge is 0.300 e. The van der Waals surface area contributed by atoms with Crippen LogP contribution in [0.5, 0.6) is 5.75 Å². The van der Waals surface area contributed by atoms with Gasteiger partial charge in [0.2, 0.25) is 0 Å². The lowest BCUT2D eigenvalue weighted by atomic mass is 10.1. The number of carbonyl (C=O) groups is 1. The van der Waals surface area contributed by atoms with Crippen molar-refractivity contribution in [1.29, 1.82) is 0 Å². The van der Waals surface area contributed by atoms with Crippen molar-refractivity contribution in [1.82, 2.24) is 5.43 Å². The molecule has 0 aliphatic carbocycles. The monoisotopic (exact) mass is 352 g/mol. The van der Waals surface area contributed by atoms with Gasteiger partial charge in [-0.05, 0) is 50.1 Å². The summed E-state index contributed by atoms with van der Waals surface area (Å²) in [4.78, 5) is 11.4. The largest absolute Gasteiger partial charge is 0.489 e. The Morgan fingerprint density at radius 3 is 2.48 bits per heavy atom. The number of hydrogen-bond donors (Lipinski definition) is 2. The fourth-order valence-electron chi connectivity index (χ4n) is 2.00.